The zero-order valence-electron chi connectivity index (χ0n) is 14.0. The minimum Gasteiger partial charge on any atom is -0.306 e. The third-order valence-electron chi connectivity index (χ3n) is 4.62. The second-order valence-electron chi connectivity index (χ2n) is 6.40. The fourth-order valence-corrected chi connectivity index (χ4v) is 3.76. The summed E-state index contributed by atoms with van der Waals surface area (Å²) >= 11 is 9.53. The number of aromatic amines is 1. The summed E-state index contributed by atoms with van der Waals surface area (Å²) in [6.07, 6.45) is 0.768. The van der Waals surface area contributed by atoms with E-state index in [1.807, 2.05) is 30.3 Å². The van der Waals surface area contributed by atoms with Crippen LogP contribution in [-0.2, 0) is 19.5 Å². The molecule has 4 rings (SSSR count). The van der Waals surface area contributed by atoms with Crippen molar-refractivity contribution in [2.75, 3.05) is 6.54 Å². The first-order chi connectivity index (χ1) is 12.6. The third-order valence-corrected chi connectivity index (χ3v) is 5.64. The Morgan fingerprint density at radius 3 is 2.69 bits per heavy atom. The molecule has 1 aliphatic heterocycles. The molecule has 3 aromatic rings. The molecule has 1 aromatic heterocycles. The van der Waals surface area contributed by atoms with Crippen LogP contribution >= 0.6 is 27.5 Å². The highest BCUT2D eigenvalue weighted by Gasteiger charge is 2.22. The molecule has 0 radical (unpaired) electrons. The Kier molecular flexibility index (Phi) is 4.94. The van der Waals surface area contributed by atoms with Gasteiger partial charge >= 0.3 is 0 Å². The predicted molar refractivity (Wildman–Crippen MR) is 107 cm³/mol. The second-order valence-corrected chi connectivity index (χ2v) is 7.69. The van der Waals surface area contributed by atoms with E-state index >= 15 is 0 Å². The fraction of sp³-hybridized carbons (Fsp3) is 0.200. The van der Waals surface area contributed by atoms with Gasteiger partial charge in [-0.1, -0.05) is 45.7 Å². The number of nitrogens with zero attached hydrogens (tertiary/aromatic N) is 2. The smallest absolute Gasteiger partial charge is 0.255 e. The van der Waals surface area contributed by atoms with Gasteiger partial charge in [-0.2, -0.15) is 0 Å². The lowest BCUT2D eigenvalue weighted by Crippen LogP contribution is -2.35. The van der Waals surface area contributed by atoms with Gasteiger partial charge in [-0.25, -0.2) is 4.98 Å². The number of nitrogens with one attached hydrogen (secondary N) is 1. The molecule has 0 unspecified atom stereocenters. The topological polar surface area (TPSA) is 49.0 Å². The first-order valence-electron chi connectivity index (χ1n) is 8.44. The van der Waals surface area contributed by atoms with Crippen LogP contribution < -0.4 is 5.56 Å². The molecule has 1 N–H and O–H groups in total. The zero-order chi connectivity index (χ0) is 18.1. The van der Waals surface area contributed by atoms with E-state index in [9.17, 15) is 4.79 Å². The second kappa shape index (κ2) is 7.35. The lowest BCUT2D eigenvalue weighted by molar-refractivity contribution is 0.241. The van der Waals surface area contributed by atoms with Gasteiger partial charge in [0.25, 0.3) is 5.56 Å². The minimum atomic E-state index is -0.0585. The highest BCUT2D eigenvalue weighted by atomic mass is 79.9. The van der Waals surface area contributed by atoms with Crippen molar-refractivity contribution >= 4 is 27.5 Å². The van der Waals surface area contributed by atoms with E-state index < -0.39 is 0 Å². The Hall–Kier alpha value is -1.95. The molecule has 0 saturated heterocycles. The van der Waals surface area contributed by atoms with Gasteiger partial charge in [0, 0.05) is 41.1 Å². The standard InChI is InChI=1S/C20H17BrClN3O/c21-17-4-2-1-3-14(17)11-25-10-9-18-16(12-25)20(26)24-19(23-18)13-5-7-15(22)8-6-13/h1-8H,9-12H2,(H,23,24,26). The number of rotatable bonds is 3. The SMILES string of the molecule is O=c1[nH]c(-c2ccc(Cl)cc2)nc2c1CN(Cc1ccccc1Br)CC2. The summed E-state index contributed by atoms with van der Waals surface area (Å²) in [4.78, 5) is 22.5. The molecule has 0 fully saturated rings. The Bertz CT molecular complexity index is 1000. The molecular formula is C20H17BrClN3O. The quantitative estimate of drug-likeness (QED) is 0.669. The monoisotopic (exact) mass is 429 g/mol. The normalized spacial score (nSPS) is 14.2. The Balaban J connectivity index is 1.59. The molecule has 0 atom stereocenters. The number of hydrogen-bond acceptors (Lipinski definition) is 3. The molecule has 0 saturated carbocycles. The van der Waals surface area contributed by atoms with Crippen molar-refractivity contribution in [1.82, 2.24) is 14.9 Å². The predicted octanol–water partition coefficient (Wildman–Crippen LogP) is 4.41. The number of benzene rings is 2. The lowest BCUT2D eigenvalue weighted by atomic mass is 10.1. The molecule has 6 heteroatoms. The maximum Gasteiger partial charge on any atom is 0.255 e. The van der Waals surface area contributed by atoms with Crippen LogP contribution in [0, 0.1) is 0 Å². The van der Waals surface area contributed by atoms with Crippen molar-refractivity contribution in [3.05, 3.63) is 85.2 Å². The summed E-state index contributed by atoms with van der Waals surface area (Å²) in [6, 6.07) is 15.5. The van der Waals surface area contributed by atoms with E-state index in [2.05, 4.69) is 31.9 Å². The van der Waals surface area contributed by atoms with Crippen molar-refractivity contribution in [2.45, 2.75) is 19.5 Å². The fourth-order valence-electron chi connectivity index (χ4n) is 3.23. The van der Waals surface area contributed by atoms with Crippen LogP contribution in [0.25, 0.3) is 11.4 Å². The molecule has 26 heavy (non-hydrogen) atoms. The molecule has 0 bridgehead atoms. The van der Waals surface area contributed by atoms with Crippen LogP contribution in [0.2, 0.25) is 5.02 Å². The summed E-state index contributed by atoms with van der Waals surface area (Å²) in [5, 5.41) is 0.664. The Morgan fingerprint density at radius 1 is 1.15 bits per heavy atom. The maximum atomic E-state index is 12.6. The van der Waals surface area contributed by atoms with Crippen molar-refractivity contribution in [1.29, 1.82) is 0 Å². The lowest BCUT2D eigenvalue weighted by Gasteiger charge is -2.28. The van der Waals surface area contributed by atoms with E-state index in [0.29, 0.717) is 17.4 Å². The highest BCUT2D eigenvalue weighted by molar-refractivity contribution is 9.10. The van der Waals surface area contributed by atoms with Gasteiger partial charge in [0.15, 0.2) is 0 Å². The van der Waals surface area contributed by atoms with Gasteiger partial charge in [0.2, 0.25) is 0 Å². The van der Waals surface area contributed by atoms with Gasteiger partial charge < -0.3 is 4.98 Å². The van der Waals surface area contributed by atoms with E-state index in [-0.39, 0.29) is 5.56 Å². The third kappa shape index (κ3) is 3.61. The van der Waals surface area contributed by atoms with E-state index in [1.54, 1.807) is 12.1 Å². The number of fused-ring (bicyclic) bond motifs is 1. The molecule has 0 aliphatic carbocycles. The van der Waals surface area contributed by atoms with E-state index in [0.717, 1.165) is 40.8 Å². The average Bonchev–Trinajstić information content (AvgIpc) is 2.64. The number of hydrogen-bond donors (Lipinski definition) is 1. The first-order valence-corrected chi connectivity index (χ1v) is 9.61. The summed E-state index contributed by atoms with van der Waals surface area (Å²) < 4.78 is 1.09. The largest absolute Gasteiger partial charge is 0.306 e. The Labute approximate surface area is 165 Å². The number of halogens is 2. The molecule has 2 heterocycles. The maximum absolute atomic E-state index is 12.6. The van der Waals surface area contributed by atoms with Crippen LogP contribution in [0.4, 0.5) is 0 Å². The summed E-state index contributed by atoms with van der Waals surface area (Å²) in [7, 11) is 0. The van der Waals surface area contributed by atoms with Crippen LogP contribution in [0.15, 0.2) is 57.8 Å². The van der Waals surface area contributed by atoms with Gasteiger partial charge in [0.1, 0.15) is 5.82 Å². The first kappa shape index (κ1) is 17.5. The zero-order valence-corrected chi connectivity index (χ0v) is 16.3. The molecular weight excluding hydrogens is 414 g/mol. The Morgan fingerprint density at radius 2 is 1.92 bits per heavy atom. The summed E-state index contributed by atoms with van der Waals surface area (Å²) in [5.41, 5.74) is 3.68. The highest BCUT2D eigenvalue weighted by Crippen LogP contribution is 2.23. The molecule has 4 nitrogen and oxygen atoms in total. The van der Waals surface area contributed by atoms with Gasteiger partial charge in [-0.15, -0.1) is 0 Å². The average molecular weight is 431 g/mol. The van der Waals surface area contributed by atoms with Crippen molar-refractivity contribution < 1.29 is 0 Å². The van der Waals surface area contributed by atoms with Crippen molar-refractivity contribution in [3.63, 3.8) is 0 Å². The van der Waals surface area contributed by atoms with Gasteiger partial charge in [0.05, 0.1) is 11.3 Å². The van der Waals surface area contributed by atoms with Gasteiger partial charge in [-0.3, -0.25) is 9.69 Å². The molecule has 0 spiro atoms. The van der Waals surface area contributed by atoms with Crippen LogP contribution in [-0.4, -0.2) is 21.4 Å². The van der Waals surface area contributed by atoms with Crippen molar-refractivity contribution in [3.8, 4) is 11.4 Å². The molecule has 0 amide bonds. The molecule has 132 valence electrons. The summed E-state index contributed by atoms with van der Waals surface area (Å²) in [6.45, 7) is 2.30. The number of aromatic nitrogens is 2. The molecule has 1 aliphatic rings. The molecule has 2 aromatic carbocycles. The van der Waals surface area contributed by atoms with Crippen LogP contribution in [0.5, 0.6) is 0 Å². The van der Waals surface area contributed by atoms with Crippen LogP contribution in [0.1, 0.15) is 16.8 Å². The summed E-state index contributed by atoms with van der Waals surface area (Å²) in [5.74, 6) is 0.602. The van der Waals surface area contributed by atoms with Gasteiger partial charge in [-0.05, 0) is 35.9 Å². The minimum absolute atomic E-state index is 0.0585. The van der Waals surface area contributed by atoms with Crippen molar-refractivity contribution in [2.24, 2.45) is 0 Å². The van der Waals surface area contributed by atoms with E-state index in [4.69, 9.17) is 16.6 Å². The van der Waals surface area contributed by atoms with E-state index in [1.165, 1.54) is 5.56 Å². The van der Waals surface area contributed by atoms with Crippen LogP contribution in [0.3, 0.4) is 0 Å². The number of H-pyrrole nitrogens is 1.